The molecular weight excluding hydrogens is 536 g/mol. The lowest BCUT2D eigenvalue weighted by Crippen LogP contribution is -2.21. The highest BCUT2D eigenvalue weighted by Gasteiger charge is 2.27. The molecule has 0 radical (unpaired) electrons. The first-order valence-electron chi connectivity index (χ1n) is 11.2. The molecule has 0 aromatic heterocycles. The molecule has 1 atom stereocenters. The van der Waals surface area contributed by atoms with Gasteiger partial charge in [0.2, 0.25) is 5.91 Å². The third kappa shape index (κ3) is 6.27. The highest BCUT2D eigenvalue weighted by Crippen LogP contribution is 2.38. The van der Waals surface area contributed by atoms with E-state index in [0.29, 0.717) is 10.5 Å². The molecule has 2 amide bonds. The fourth-order valence-electron chi connectivity index (χ4n) is 3.62. The topological polar surface area (TPSA) is 95.5 Å². The Morgan fingerprint density at radius 2 is 1.33 bits per heavy atom. The summed E-state index contributed by atoms with van der Waals surface area (Å²) in [6, 6.07) is 20.1. The molecule has 0 heterocycles. The Kier molecular flexibility index (Phi) is 8.30. The summed E-state index contributed by atoms with van der Waals surface area (Å²) in [5.74, 6) is -9.73. The van der Waals surface area contributed by atoms with Crippen molar-refractivity contribution < 1.29 is 37.1 Å². The first kappa shape index (κ1) is 27.4. The molecule has 4 rings (SSSR count). The van der Waals surface area contributed by atoms with Gasteiger partial charge >= 0.3 is 5.97 Å². The molecule has 0 spiro atoms. The molecule has 0 aliphatic heterocycles. The van der Waals surface area contributed by atoms with Gasteiger partial charge in [0.1, 0.15) is 10.9 Å². The van der Waals surface area contributed by atoms with Crippen LogP contribution >= 0.6 is 11.8 Å². The second-order valence-electron chi connectivity index (χ2n) is 8.07. The Hall–Kier alpha value is -4.64. The fourth-order valence-corrected chi connectivity index (χ4v) is 4.71. The van der Waals surface area contributed by atoms with Gasteiger partial charge in [-0.1, -0.05) is 48.5 Å². The normalized spacial score (nSPS) is 11.5. The number of carboxylic acid groups (broad SMARTS) is 1. The van der Waals surface area contributed by atoms with E-state index in [9.17, 15) is 37.1 Å². The van der Waals surface area contributed by atoms with E-state index in [1.807, 2.05) is 5.32 Å². The highest BCUT2D eigenvalue weighted by atomic mass is 32.2. The maximum atomic E-state index is 14.2. The molecule has 0 fully saturated rings. The standard InChI is InChI=1S/C28H18F4N2O4S/c29-20-14-21(30)23(32)24(22(20)31)34-27(36)25(15-7-2-1-3-8-15)39-17-10-6-9-16(13-17)33-26(35)18-11-4-5-12-19(18)28(37)38/h1-14,25H,(H,33,35)(H,34,36)(H,37,38). The molecule has 0 saturated heterocycles. The Labute approximate surface area is 223 Å². The molecule has 11 heteroatoms. The summed E-state index contributed by atoms with van der Waals surface area (Å²) in [6.45, 7) is 0. The van der Waals surface area contributed by atoms with Crippen molar-refractivity contribution in [2.24, 2.45) is 0 Å². The second kappa shape index (κ2) is 11.8. The maximum absolute atomic E-state index is 14.2. The number of anilines is 2. The monoisotopic (exact) mass is 554 g/mol. The number of aromatic carboxylic acids is 1. The minimum absolute atomic E-state index is 0.0401. The zero-order valence-corrected chi connectivity index (χ0v) is 20.6. The van der Waals surface area contributed by atoms with Gasteiger partial charge in [0, 0.05) is 16.6 Å². The first-order chi connectivity index (χ1) is 18.7. The maximum Gasteiger partial charge on any atom is 0.336 e. The molecule has 39 heavy (non-hydrogen) atoms. The second-order valence-corrected chi connectivity index (χ2v) is 9.25. The van der Waals surface area contributed by atoms with Gasteiger partial charge in [-0.25, -0.2) is 22.4 Å². The number of carbonyl (C=O) groups excluding carboxylic acids is 2. The Morgan fingerprint density at radius 3 is 1.97 bits per heavy atom. The van der Waals surface area contributed by atoms with Crippen LogP contribution in [-0.4, -0.2) is 22.9 Å². The van der Waals surface area contributed by atoms with Crippen LogP contribution in [0.4, 0.5) is 28.9 Å². The van der Waals surface area contributed by atoms with Gasteiger partial charge in [-0.2, -0.15) is 0 Å². The third-order valence-corrected chi connectivity index (χ3v) is 6.70. The van der Waals surface area contributed by atoms with Gasteiger partial charge in [-0.3, -0.25) is 9.59 Å². The molecular formula is C28H18F4N2O4S. The van der Waals surface area contributed by atoms with Gasteiger partial charge in [-0.15, -0.1) is 11.8 Å². The summed E-state index contributed by atoms with van der Waals surface area (Å²) >= 11 is 0.945. The number of carboxylic acids is 1. The summed E-state index contributed by atoms with van der Waals surface area (Å²) < 4.78 is 55.8. The number of hydrogen-bond acceptors (Lipinski definition) is 4. The van der Waals surface area contributed by atoms with Gasteiger partial charge in [-0.05, 0) is 35.9 Å². The van der Waals surface area contributed by atoms with Crippen LogP contribution in [0, 0.1) is 23.3 Å². The molecule has 1 unspecified atom stereocenters. The number of rotatable bonds is 8. The van der Waals surface area contributed by atoms with E-state index < -0.39 is 52.0 Å². The molecule has 4 aromatic rings. The van der Waals surface area contributed by atoms with Crippen molar-refractivity contribution in [2.75, 3.05) is 10.6 Å². The first-order valence-corrected chi connectivity index (χ1v) is 12.1. The van der Waals surface area contributed by atoms with Crippen LogP contribution in [0.3, 0.4) is 0 Å². The van der Waals surface area contributed by atoms with Crippen LogP contribution in [0.25, 0.3) is 0 Å². The van der Waals surface area contributed by atoms with Gasteiger partial charge < -0.3 is 15.7 Å². The number of nitrogens with one attached hydrogen (secondary N) is 2. The predicted molar refractivity (Wildman–Crippen MR) is 138 cm³/mol. The summed E-state index contributed by atoms with van der Waals surface area (Å²) in [5, 5.41) is 12.8. The SMILES string of the molecule is O=C(O)c1ccccc1C(=O)Nc1cccc(SC(C(=O)Nc2c(F)c(F)cc(F)c2F)c2ccccc2)c1. The van der Waals surface area contributed by atoms with Crippen molar-refractivity contribution in [1.82, 2.24) is 0 Å². The predicted octanol–water partition coefficient (Wildman–Crippen LogP) is 6.67. The number of halogens is 4. The van der Waals surface area contributed by atoms with Crippen molar-refractivity contribution in [3.63, 3.8) is 0 Å². The van der Waals surface area contributed by atoms with E-state index in [1.165, 1.54) is 30.3 Å². The van der Waals surface area contributed by atoms with Crippen LogP contribution in [-0.2, 0) is 4.79 Å². The Morgan fingerprint density at radius 1 is 0.718 bits per heavy atom. The summed E-state index contributed by atoms with van der Waals surface area (Å²) in [4.78, 5) is 37.8. The van der Waals surface area contributed by atoms with Crippen molar-refractivity contribution in [1.29, 1.82) is 0 Å². The molecule has 0 bridgehead atoms. The Bertz CT molecular complexity index is 1540. The fraction of sp³-hybridized carbons (Fsp3) is 0.0357. The van der Waals surface area contributed by atoms with Crippen molar-refractivity contribution >= 4 is 40.9 Å². The number of carbonyl (C=O) groups is 3. The average molecular weight is 555 g/mol. The molecule has 0 aliphatic rings. The zero-order valence-electron chi connectivity index (χ0n) is 19.8. The zero-order chi connectivity index (χ0) is 28.1. The smallest absolute Gasteiger partial charge is 0.336 e. The van der Waals surface area contributed by atoms with E-state index in [4.69, 9.17) is 0 Å². The van der Waals surface area contributed by atoms with Crippen LogP contribution in [0.2, 0.25) is 0 Å². The lowest BCUT2D eigenvalue weighted by molar-refractivity contribution is -0.115. The van der Waals surface area contributed by atoms with Gasteiger partial charge in [0.05, 0.1) is 11.1 Å². The summed E-state index contributed by atoms with van der Waals surface area (Å²) in [7, 11) is 0. The lowest BCUT2D eigenvalue weighted by atomic mass is 10.1. The molecule has 4 aromatic carbocycles. The van der Waals surface area contributed by atoms with Gasteiger partial charge in [0.15, 0.2) is 23.3 Å². The van der Waals surface area contributed by atoms with Gasteiger partial charge in [0.25, 0.3) is 5.91 Å². The van der Waals surface area contributed by atoms with E-state index in [-0.39, 0.29) is 22.9 Å². The van der Waals surface area contributed by atoms with E-state index in [1.54, 1.807) is 48.5 Å². The number of hydrogen-bond donors (Lipinski definition) is 3. The minimum Gasteiger partial charge on any atom is -0.478 e. The quantitative estimate of drug-likeness (QED) is 0.129. The number of thioether (sulfide) groups is 1. The minimum atomic E-state index is -1.74. The van der Waals surface area contributed by atoms with Crippen LogP contribution in [0.1, 0.15) is 31.5 Å². The largest absolute Gasteiger partial charge is 0.478 e. The molecule has 0 saturated carbocycles. The van der Waals surface area contributed by atoms with Crippen LogP contribution < -0.4 is 10.6 Å². The molecule has 3 N–H and O–H groups in total. The van der Waals surface area contributed by atoms with Crippen LogP contribution in [0.15, 0.2) is 89.8 Å². The van der Waals surface area contributed by atoms with Crippen molar-refractivity contribution in [3.05, 3.63) is 125 Å². The lowest BCUT2D eigenvalue weighted by Gasteiger charge is -2.18. The number of benzene rings is 4. The highest BCUT2D eigenvalue weighted by molar-refractivity contribution is 8.00. The van der Waals surface area contributed by atoms with E-state index >= 15 is 0 Å². The van der Waals surface area contributed by atoms with Crippen molar-refractivity contribution in [3.8, 4) is 0 Å². The number of amides is 2. The third-order valence-electron chi connectivity index (χ3n) is 5.45. The van der Waals surface area contributed by atoms with E-state index in [0.717, 1.165) is 11.8 Å². The average Bonchev–Trinajstić information content (AvgIpc) is 2.93. The van der Waals surface area contributed by atoms with Crippen LogP contribution in [0.5, 0.6) is 0 Å². The summed E-state index contributed by atoms with van der Waals surface area (Å²) in [5.41, 5.74) is -0.799. The summed E-state index contributed by atoms with van der Waals surface area (Å²) in [6.07, 6.45) is 0. The van der Waals surface area contributed by atoms with E-state index in [2.05, 4.69) is 5.32 Å². The van der Waals surface area contributed by atoms with Crippen molar-refractivity contribution in [2.45, 2.75) is 10.1 Å². The molecule has 0 aliphatic carbocycles. The molecule has 198 valence electrons. The molecule has 6 nitrogen and oxygen atoms in total. The Balaban J connectivity index is 1.61.